The lowest BCUT2D eigenvalue weighted by Gasteiger charge is -2.27. The molecule has 0 aliphatic heterocycles. The van der Waals surface area contributed by atoms with Crippen LogP contribution in [0, 0.1) is 0 Å². The summed E-state index contributed by atoms with van der Waals surface area (Å²) in [6.07, 6.45) is 4.37. The van der Waals surface area contributed by atoms with E-state index in [0.717, 1.165) is 45.3 Å². The second-order valence-corrected chi connectivity index (χ2v) is 15.8. The molecule has 0 saturated carbocycles. The predicted molar refractivity (Wildman–Crippen MR) is 264 cm³/mol. The molecule has 62 heavy (non-hydrogen) atoms. The molecule has 0 heterocycles. The van der Waals surface area contributed by atoms with Gasteiger partial charge in [-0.25, -0.2) is 0 Å². The average molecular weight is 791 g/mol. The number of fused-ring (bicyclic) bond motifs is 3. The number of hydrogen-bond donors (Lipinski definition) is 0. The maximum absolute atomic E-state index is 2.41. The van der Waals surface area contributed by atoms with Crippen molar-refractivity contribution in [3.05, 3.63) is 254 Å². The molecular weight excluding hydrogens is 749 g/mol. The minimum atomic E-state index is 1.11. The maximum atomic E-state index is 2.41. The van der Waals surface area contributed by atoms with Gasteiger partial charge < -0.3 is 9.80 Å². The largest absolute Gasteiger partial charge is 0.311 e. The molecule has 0 aromatic heterocycles. The zero-order valence-corrected chi connectivity index (χ0v) is 34.1. The first kappa shape index (κ1) is 36.8. The molecule has 0 radical (unpaired) electrons. The minimum absolute atomic E-state index is 1.11. The zero-order valence-electron chi connectivity index (χ0n) is 34.1. The van der Waals surface area contributed by atoms with Crippen LogP contribution in [0.2, 0.25) is 0 Å². The van der Waals surface area contributed by atoms with Crippen LogP contribution in [-0.2, 0) is 0 Å². The van der Waals surface area contributed by atoms with E-state index in [-0.39, 0.29) is 0 Å². The monoisotopic (exact) mass is 790 g/mol. The SMILES string of the molecule is C(=Cc1ccc(N(c2ccccc2)c2ccccc2)cc1)c1ccc(-c2ccc(N(c3ccc(-c4ccccc4)cc3)c3ccc4c5c(cccc35)-c3ccccc3-4)cc2)cc1. The second kappa shape index (κ2) is 16.1. The molecular formula is C60H42N2. The van der Waals surface area contributed by atoms with Crippen LogP contribution in [0.25, 0.3) is 67.4 Å². The zero-order chi connectivity index (χ0) is 41.2. The molecule has 0 N–H and O–H groups in total. The van der Waals surface area contributed by atoms with Gasteiger partial charge in [-0.05, 0) is 128 Å². The summed E-state index contributed by atoms with van der Waals surface area (Å²) in [5, 5.41) is 2.56. The molecule has 2 nitrogen and oxygen atoms in total. The van der Waals surface area contributed by atoms with Crippen molar-refractivity contribution < 1.29 is 0 Å². The third-order valence-corrected chi connectivity index (χ3v) is 12.0. The van der Waals surface area contributed by atoms with Crippen LogP contribution < -0.4 is 9.80 Å². The highest BCUT2D eigenvalue weighted by molar-refractivity contribution is 6.19. The van der Waals surface area contributed by atoms with Crippen molar-refractivity contribution in [1.29, 1.82) is 0 Å². The Bertz CT molecular complexity index is 3100. The third-order valence-electron chi connectivity index (χ3n) is 12.0. The topological polar surface area (TPSA) is 6.48 Å². The first-order valence-corrected chi connectivity index (χ1v) is 21.3. The van der Waals surface area contributed by atoms with Gasteiger partial charge in [0.2, 0.25) is 0 Å². The summed E-state index contributed by atoms with van der Waals surface area (Å²) in [5.74, 6) is 0. The van der Waals surface area contributed by atoms with Crippen LogP contribution >= 0.6 is 0 Å². The molecule has 10 aromatic carbocycles. The lowest BCUT2D eigenvalue weighted by atomic mass is 9.99. The molecule has 1 aliphatic carbocycles. The normalized spacial score (nSPS) is 11.5. The number of anilines is 6. The number of benzene rings is 10. The van der Waals surface area contributed by atoms with Gasteiger partial charge in [0, 0.05) is 33.8 Å². The Morgan fingerprint density at radius 1 is 0.242 bits per heavy atom. The second-order valence-electron chi connectivity index (χ2n) is 15.8. The summed E-state index contributed by atoms with van der Waals surface area (Å²) in [6.45, 7) is 0. The van der Waals surface area contributed by atoms with Gasteiger partial charge in [0.1, 0.15) is 0 Å². The number of hydrogen-bond acceptors (Lipinski definition) is 2. The van der Waals surface area contributed by atoms with E-state index in [1.165, 1.54) is 55.3 Å². The summed E-state index contributed by atoms with van der Waals surface area (Å²) >= 11 is 0. The molecule has 0 unspecified atom stereocenters. The average Bonchev–Trinajstić information content (AvgIpc) is 3.68. The van der Waals surface area contributed by atoms with Gasteiger partial charge in [0.15, 0.2) is 0 Å². The van der Waals surface area contributed by atoms with Crippen LogP contribution in [0.5, 0.6) is 0 Å². The van der Waals surface area contributed by atoms with Gasteiger partial charge in [-0.3, -0.25) is 0 Å². The van der Waals surface area contributed by atoms with E-state index in [1.807, 2.05) is 0 Å². The molecule has 0 fully saturated rings. The Morgan fingerprint density at radius 2 is 0.613 bits per heavy atom. The molecule has 0 atom stereocenters. The van der Waals surface area contributed by atoms with Crippen LogP contribution in [0.1, 0.15) is 11.1 Å². The third kappa shape index (κ3) is 6.94. The lowest BCUT2D eigenvalue weighted by molar-refractivity contribution is 1.28. The van der Waals surface area contributed by atoms with Gasteiger partial charge in [0.05, 0.1) is 5.69 Å². The molecule has 0 saturated heterocycles. The van der Waals surface area contributed by atoms with Gasteiger partial charge in [-0.2, -0.15) is 0 Å². The van der Waals surface area contributed by atoms with Crippen LogP contribution in [0.15, 0.2) is 243 Å². The van der Waals surface area contributed by atoms with E-state index >= 15 is 0 Å². The molecule has 0 amide bonds. The summed E-state index contributed by atoms with van der Waals surface area (Å²) < 4.78 is 0. The molecule has 0 bridgehead atoms. The van der Waals surface area contributed by atoms with E-state index in [2.05, 4.69) is 265 Å². The van der Waals surface area contributed by atoms with E-state index in [4.69, 9.17) is 0 Å². The number of para-hydroxylation sites is 2. The van der Waals surface area contributed by atoms with Gasteiger partial charge in [-0.1, -0.05) is 188 Å². The molecule has 0 spiro atoms. The van der Waals surface area contributed by atoms with Gasteiger partial charge in [0.25, 0.3) is 0 Å². The predicted octanol–water partition coefficient (Wildman–Crippen LogP) is 16.9. The van der Waals surface area contributed by atoms with Crippen LogP contribution in [-0.4, -0.2) is 0 Å². The van der Waals surface area contributed by atoms with Crippen molar-refractivity contribution in [2.75, 3.05) is 9.80 Å². The van der Waals surface area contributed by atoms with Crippen LogP contribution in [0.3, 0.4) is 0 Å². The summed E-state index contributed by atoms with van der Waals surface area (Å²) in [6, 6.07) is 87.3. The van der Waals surface area contributed by atoms with E-state index in [1.54, 1.807) is 0 Å². The lowest BCUT2D eigenvalue weighted by Crippen LogP contribution is -2.10. The van der Waals surface area contributed by atoms with Crippen molar-refractivity contribution in [3.8, 4) is 44.5 Å². The highest BCUT2D eigenvalue weighted by Crippen LogP contribution is 2.51. The standard InChI is InChI=1S/C60H42N2/c1-4-13-45(14-5-1)47-31-37-52(38-32-47)62(59-42-41-57-55-20-11-10-19-54(55)56-21-12-22-58(59)60(56)57)53-39-33-48(34-40-53)46-29-25-43(26-30-46)23-24-44-27-35-51(36-28-44)61(49-15-6-2-7-16-49)50-17-8-3-9-18-50/h1-42H. The first-order chi connectivity index (χ1) is 30.7. The highest BCUT2D eigenvalue weighted by atomic mass is 15.1. The highest BCUT2D eigenvalue weighted by Gasteiger charge is 2.24. The first-order valence-electron chi connectivity index (χ1n) is 21.3. The summed E-state index contributed by atoms with van der Waals surface area (Å²) in [7, 11) is 0. The summed E-state index contributed by atoms with van der Waals surface area (Å²) in [5.41, 5.74) is 19.1. The minimum Gasteiger partial charge on any atom is -0.311 e. The fourth-order valence-corrected chi connectivity index (χ4v) is 8.97. The molecule has 11 rings (SSSR count). The smallest absolute Gasteiger partial charge is 0.0540 e. The quantitative estimate of drug-likeness (QED) is 0.127. The maximum Gasteiger partial charge on any atom is 0.0540 e. The van der Waals surface area contributed by atoms with Crippen LogP contribution in [0.4, 0.5) is 34.1 Å². The Morgan fingerprint density at radius 3 is 1.15 bits per heavy atom. The van der Waals surface area contributed by atoms with Crippen molar-refractivity contribution in [2.45, 2.75) is 0 Å². The fourth-order valence-electron chi connectivity index (χ4n) is 8.97. The Labute approximate surface area is 363 Å². The molecule has 10 aromatic rings. The Balaban J connectivity index is 0.872. The Kier molecular flexibility index (Phi) is 9.57. The van der Waals surface area contributed by atoms with E-state index < -0.39 is 0 Å². The van der Waals surface area contributed by atoms with Gasteiger partial charge >= 0.3 is 0 Å². The molecule has 292 valence electrons. The fraction of sp³-hybridized carbons (Fsp3) is 0. The summed E-state index contributed by atoms with van der Waals surface area (Å²) in [4.78, 5) is 4.69. The number of rotatable bonds is 10. The van der Waals surface area contributed by atoms with Crippen molar-refractivity contribution >= 4 is 57.0 Å². The Hall–Kier alpha value is -8.20. The van der Waals surface area contributed by atoms with E-state index in [0.29, 0.717) is 0 Å². The van der Waals surface area contributed by atoms with Crippen molar-refractivity contribution in [1.82, 2.24) is 0 Å². The van der Waals surface area contributed by atoms with Gasteiger partial charge in [-0.15, -0.1) is 0 Å². The number of nitrogens with zero attached hydrogens (tertiary/aromatic N) is 2. The van der Waals surface area contributed by atoms with E-state index in [9.17, 15) is 0 Å². The van der Waals surface area contributed by atoms with Crippen molar-refractivity contribution in [2.24, 2.45) is 0 Å². The molecule has 1 aliphatic rings. The van der Waals surface area contributed by atoms with Crippen molar-refractivity contribution in [3.63, 3.8) is 0 Å². The molecule has 2 heteroatoms.